The number of carbonyl (C=O) groups is 1. The van der Waals surface area contributed by atoms with E-state index >= 15 is 0 Å². The van der Waals surface area contributed by atoms with E-state index in [-0.39, 0.29) is 6.42 Å². The van der Waals surface area contributed by atoms with Gasteiger partial charge in [-0.05, 0) is 40.4 Å². The lowest BCUT2D eigenvalue weighted by molar-refractivity contribution is -0.136. The number of hydrogen-bond acceptors (Lipinski definition) is 3. The summed E-state index contributed by atoms with van der Waals surface area (Å²) >= 11 is 3.36. The Labute approximate surface area is 113 Å². The molecule has 5 nitrogen and oxygen atoms in total. The Balaban J connectivity index is 2.43. The number of carboxylic acid groups (broad SMARTS) is 1. The second-order valence-corrected chi connectivity index (χ2v) is 5.36. The molecule has 0 spiro atoms. The lowest BCUT2D eigenvalue weighted by Crippen LogP contribution is -2.03. The van der Waals surface area contributed by atoms with Gasteiger partial charge < -0.3 is 5.11 Å². The van der Waals surface area contributed by atoms with Crippen LogP contribution < -0.4 is 0 Å². The van der Waals surface area contributed by atoms with Crippen LogP contribution in [0.5, 0.6) is 0 Å². The standard InChI is InChI=1S/C12H14BrN3O2/c1-7(2)5-8-3-4-10-14-9(6-11(17)18)12(13)16(10)15-8/h3-4,7H,5-6H2,1-2H3,(H,17,18). The summed E-state index contributed by atoms with van der Waals surface area (Å²) < 4.78 is 2.27. The zero-order chi connectivity index (χ0) is 13.3. The van der Waals surface area contributed by atoms with Crippen LogP contribution >= 0.6 is 15.9 Å². The summed E-state index contributed by atoms with van der Waals surface area (Å²) in [7, 11) is 0. The molecule has 0 fully saturated rings. The molecule has 0 saturated carbocycles. The maximum absolute atomic E-state index is 10.7. The minimum absolute atomic E-state index is 0.108. The summed E-state index contributed by atoms with van der Waals surface area (Å²) in [6.07, 6.45) is 0.776. The second-order valence-electron chi connectivity index (χ2n) is 4.61. The Kier molecular flexibility index (Phi) is 3.65. The van der Waals surface area contributed by atoms with Gasteiger partial charge in [0.1, 0.15) is 4.60 Å². The van der Waals surface area contributed by atoms with E-state index in [9.17, 15) is 4.79 Å². The molecule has 0 aromatic carbocycles. The molecule has 18 heavy (non-hydrogen) atoms. The third-order valence-corrected chi connectivity index (χ3v) is 3.27. The first-order chi connectivity index (χ1) is 8.47. The van der Waals surface area contributed by atoms with Crippen molar-refractivity contribution < 1.29 is 9.90 Å². The number of nitrogens with zero attached hydrogens (tertiary/aromatic N) is 3. The lowest BCUT2D eigenvalue weighted by Gasteiger charge is -2.04. The Morgan fingerprint density at radius 1 is 1.50 bits per heavy atom. The molecule has 2 aromatic heterocycles. The van der Waals surface area contributed by atoms with Gasteiger partial charge in [0.15, 0.2) is 5.65 Å². The van der Waals surface area contributed by atoms with E-state index in [0.29, 0.717) is 21.9 Å². The van der Waals surface area contributed by atoms with Gasteiger partial charge in [-0.15, -0.1) is 0 Å². The molecule has 2 heterocycles. The second kappa shape index (κ2) is 5.06. The molecule has 6 heteroatoms. The minimum Gasteiger partial charge on any atom is -0.481 e. The van der Waals surface area contributed by atoms with Gasteiger partial charge in [-0.3, -0.25) is 4.79 Å². The average Bonchev–Trinajstić information content (AvgIpc) is 2.55. The van der Waals surface area contributed by atoms with Crippen LogP contribution in [0.3, 0.4) is 0 Å². The first-order valence-corrected chi connectivity index (χ1v) is 6.51. The van der Waals surface area contributed by atoms with Crippen LogP contribution in [0.25, 0.3) is 5.65 Å². The molecular formula is C12H14BrN3O2. The Bertz CT molecular complexity index is 592. The molecule has 0 radical (unpaired) electrons. The quantitative estimate of drug-likeness (QED) is 0.941. The number of imidazole rings is 1. The largest absolute Gasteiger partial charge is 0.481 e. The molecule has 0 aliphatic heterocycles. The van der Waals surface area contributed by atoms with E-state index in [1.165, 1.54) is 0 Å². The van der Waals surface area contributed by atoms with Gasteiger partial charge >= 0.3 is 5.97 Å². The van der Waals surface area contributed by atoms with E-state index in [2.05, 4.69) is 39.9 Å². The highest BCUT2D eigenvalue weighted by molar-refractivity contribution is 9.10. The predicted molar refractivity (Wildman–Crippen MR) is 70.6 cm³/mol. The zero-order valence-corrected chi connectivity index (χ0v) is 11.8. The highest BCUT2D eigenvalue weighted by Gasteiger charge is 2.14. The van der Waals surface area contributed by atoms with Crippen molar-refractivity contribution in [2.45, 2.75) is 26.7 Å². The molecule has 0 unspecified atom stereocenters. The molecule has 0 saturated heterocycles. The van der Waals surface area contributed by atoms with Gasteiger partial charge in [0.2, 0.25) is 0 Å². The molecule has 1 N–H and O–H groups in total. The fraction of sp³-hybridized carbons (Fsp3) is 0.417. The first-order valence-electron chi connectivity index (χ1n) is 5.72. The van der Waals surface area contributed by atoms with E-state index in [1.807, 2.05) is 12.1 Å². The van der Waals surface area contributed by atoms with Crippen LogP contribution in [-0.4, -0.2) is 25.7 Å². The lowest BCUT2D eigenvalue weighted by atomic mass is 10.1. The van der Waals surface area contributed by atoms with E-state index in [0.717, 1.165) is 12.1 Å². The van der Waals surface area contributed by atoms with E-state index < -0.39 is 5.97 Å². The molecule has 96 valence electrons. The smallest absolute Gasteiger partial charge is 0.309 e. The van der Waals surface area contributed by atoms with Crippen LogP contribution in [0.2, 0.25) is 0 Å². The van der Waals surface area contributed by atoms with Crippen molar-refractivity contribution in [3.63, 3.8) is 0 Å². The van der Waals surface area contributed by atoms with E-state index in [4.69, 9.17) is 5.11 Å². The fourth-order valence-corrected chi connectivity index (χ4v) is 2.26. The molecule has 0 aliphatic carbocycles. The number of hydrogen-bond donors (Lipinski definition) is 1. The Hall–Kier alpha value is -1.43. The van der Waals surface area contributed by atoms with Gasteiger partial charge in [-0.25, -0.2) is 9.50 Å². The maximum Gasteiger partial charge on any atom is 0.309 e. The van der Waals surface area contributed by atoms with Gasteiger partial charge in [-0.2, -0.15) is 5.10 Å². The maximum atomic E-state index is 10.7. The molecule has 0 bridgehead atoms. The minimum atomic E-state index is -0.901. The first kappa shape index (κ1) is 13.0. The molecule has 0 aliphatic rings. The normalized spacial score (nSPS) is 11.3. The van der Waals surface area contributed by atoms with Crippen LogP contribution in [-0.2, 0) is 17.6 Å². The third kappa shape index (κ3) is 2.69. The van der Waals surface area contributed by atoms with Crippen molar-refractivity contribution in [1.82, 2.24) is 14.6 Å². The molecule has 0 atom stereocenters. The Morgan fingerprint density at radius 3 is 2.83 bits per heavy atom. The zero-order valence-electron chi connectivity index (χ0n) is 10.2. The van der Waals surface area contributed by atoms with Crippen molar-refractivity contribution in [3.8, 4) is 0 Å². The van der Waals surface area contributed by atoms with Crippen LogP contribution in [0.15, 0.2) is 16.7 Å². The molecule has 2 rings (SSSR count). The van der Waals surface area contributed by atoms with Gasteiger partial charge in [0.25, 0.3) is 0 Å². The number of halogens is 1. The van der Waals surface area contributed by atoms with Crippen molar-refractivity contribution in [2.24, 2.45) is 5.92 Å². The topological polar surface area (TPSA) is 67.5 Å². The number of rotatable bonds is 4. The van der Waals surface area contributed by atoms with Crippen molar-refractivity contribution in [3.05, 3.63) is 28.1 Å². The summed E-state index contributed by atoms with van der Waals surface area (Å²) in [5.41, 5.74) is 2.12. The number of aromatic nitrogens is 3. The molecule has 2 aromatic rings. The number of carboxylic acids is 1. The number of fused-ring (bicyclic) bond motifs is 1. The van der Waals surface area contributed by atoms with Crippen molar-refractivity contribution >= 4 is 27.5 Å². The summed E-state index contributed by atoms with van der Waals surface area (Å²) in [6, 6.07) is 3.79. The molecule has 0 amide bonds. The van der Waals surface area contributed by atoms with Crippen molar-refractivity contribution in [1.29, 1.82) is 0 Å². The fourth-order valence-electron chi connectivity index (χ4n) is 1.77. The number of aliphatic carboxylic acids is 1. The van der Waals surface area contributed by atoms with Gasteiger partial charge in [-0.1, -0.05) is 13.8 Å². The summed E-state index contributed by atoms with van der Waals surface area (Å²) in [5.74, 6) is -0.378. The average molecular weight is 312 g/mol. The SMILES string of the molecule is CC(C)Cc1ccc2nc(CC(=O)O)c(Br)n2n1. The molecular weight excluding hydrogens is 298 g/mol. The third-order valence-electron chi connectivity index (χ3n) is 2.48. The summed E-state index contributed by atoms with van der Waals surface area (Å²) in [6.45, 7) is 4.26. The predicted octanol–water partition coefficient (Wildman–Crippen LogP) is 2.32. The summed E-state index contributed by atoms with van der Waals surface area (Å²) in [4.78, 5) is 15.0. The van der Waals surface area contributed by atoms with Gasteiger partial charge in [0, 0.05) is 0 Å². The van der Waals surface area contributed by atoms with Crippen molar-refractivity contribution in [2.75, 3.05) is 0 Å². The highest BCUT2D eigenvalue weighted by atomic mass is 79.9. The van der Waals surface area contributed by atoms with Crippen LogP contribution in [0, 0.1) is 5.92 Å². The highest BCUT2D eigenvalue weighted by Crippen LogP contribution is 2.19. The monoisotopic (exact) mass is 311 g/mol. The van der Waals surface area contributed by atoms with Gasteiger partial charge in [0.05, 0.1) is 17.8 Å². The van der Waals surface area contributed by atoms with E-state index in [1.54, 1.807) is 4.52 Å². The summed E-state index contributed by atoms with van der Waals surface area (Å²) in [5, 5.41) is 13.3. The van der Waals surface area contributed by atoms with Crippen LogP contribution in [0.4, 0.5) is 0 Å². The Morgan fingerprint density at radius 2 is 2.22 bits per heavy atom. The van der Waals surface area contributed by atoms with Crippen LogP contribution in [0.1, 0.15) is 25.2 Å².